The third-order valence-corrected chi connectivity index (χ3v) is 4.27. The molecule has 0 radical (unpaired) electrons. The van der Waals surface area contributed by atoms with Crippen LogP contribution >= 0.6 is 12.2 Å². The minimum atomic E-state index is -4.64. The molecule has 146 valence electrons. The van der Waals surface area contributed by atoms with E-state index in [9.17, 15) is 13.2 Å². The van der Waals surface area contributed by atoms with Crippen molar-refractivity contribution in [2.75, 3.05) is 24.3 Å². The van der Waals surface area contributed by atoms with Gasteiger partial charge in [0.2, 0.25) is 0 Å². The van der Waals surface area contributed by atoms with Gasteiger partial charge in [-0.3, -0.25) is 0 Å². The van der Waals surface area contributed by atoms with Gasteiger partial charge < -0.3 is 14.7 Å². The van der Waals surface area contributed by atoms with E-state index < -0.39 is 12.1 Å². The monoisotopic (exact) mass is 406 g/mol. The summed E-state index contributed by atoms with van der Waals surface area (Å²) in [4.78, 5) is 5.91. The molecular formula is C19H17F3N4OS. The van der Waals surface area contributed by atoms with E-state index >= 15 is 0 Å². The highest BCUT2D eigenvalue weighted by Crippen LogP contribution is 2.27. The van der Waals surface area contributed by atoms with Gasteiger partial charge in [-0.1, -0.05) is 41.6 Å². The van der Waals surface area contributed by atoms with Crippen LogP contribution in [-0.4, -0.2) is 29.2 Å². The lowest BCUT2D eigenvalue weighted by Gasteiger charge is -2.14. The number of nitrogens with zero attached hydrogens (tertiary/aromatic N) is 3. The molecule has 0 bridgehead atoms. The maximum Gasteiger partial charge on any atom is 0.471 e. The van der Waals surface area contributed by atoms with Crippen LogP contribution in [-0.2, 0) is 12.6 Å². The number of hydrogen-bond donors (Lipinski definition) is 1. The van der Waals surface area contributed by atoms with Gasteiger partial charge >= 0.3 is 12.1 Å². The van der Waals surface area contributed by atoms with Gasteiger partial charge in [0, 0.05) is 37.5 Å². The van der Waals surface area contributed by atoms with Crippen molar-refractivity contribution in [2.45, 2.75) is 12.6 Å². The SMILES string of the molecule is CN(C)c1ccc(NC(=S)c2ccc(Cc3noc(C(F)(F)F)n3)cc2)cc1. The summed E-state index contributed by atoms with van der Waals surface area (Å²) in [6, 6.07) is 15.0. The van der Waals surface area contributed by atoms with Crippen LogP contribution in [0.1, 0.15) is 22.8 Å². The Kier molecular flexibility index (Phi) is 5.64. The van der Waals surface area contributed by atoms with E-state index in [2.05, 4.69) is 20.0 Å². The fourth-order valence-electron chi connectivity index (χ4n) is 2.44. The summed E-state index contributed by atoms with van der Waals surface area (Å²) in [5.74, 6) is -1.37. The molecule has 1 N–H and O–H groups in total. The number of rotatable bonds is 5. The van der Waals surface area contributed by atoms with Crippen LogP contribution in [0.15, 0.2) is 53.1 Å². The molecule has 3 rings (SSSR count). The topological polar surface area (TPSA) is 54.2 Å². The Bertz CT molecular complexity index is 951. The minimum absolute atomic E-state index is 0.0261. The van der Waals surface area contributed by atoms with Gasteiger partial charge in [0.1, 0.15) is 4.99 Å². The minimum Gasteiger partial charge on any atom is -0.378 e. The van der Waals surface area contributed by atoms with Gasteiger partial charge in [-0.15, -0.1) is 0 Å². The highest BCUT2D eigenvalue weighted by Gasteiger charge is 2.38. The van der Waals surface area contributed by atoms with E-state index in [1.807, 2.05) is 43.3 Å². The zero-order valence-electron chi connectivity index (χ0n) is 15.1. The first-order valence-electron chi connectivity index (χ1n) is 8.30. The number of alkyl halides is 3. The second kappa shape index (κ2) is 7.97. The molecule has 0 amide bonds. The molecule has 0 unspecified atom stereocenters. The smallest absolute Gasteiger partial charge is 0.378 e. The van der Waals surface area contributed by atoms with E-state index in [1.54, 1.807) is 24.3 Å². The Labute approximate surface area is 165 Å². The Hall–Kier alpha value is -2.94. The van der Waals surface area contributed by atoms with Crippen LogP contribution in [0, 0.1) is 0 Å². The van der Waals surface area contributed by atoms with Crippen molar-refractivity contribution in [1.82, 2.24) is 10.1 Å². The second-order valence-corrected chi connectivity index (χ2v) is 6.69. The van der Waals surface area contributed by atoms with Crippen molar-refractivity contribution in [3.63, 3.8) is 0 Å². The summed E-state index contributed by atoms with van der Waals surface area (Å²) in [6.45, 7) is 0. The lowest BCUT2D eigenvalue weighted by Crippen LogP contribution is -2.11. The number of anilines is 2. The summed E-state index contributed by atoms with van der Waals surface area (Å²) in [7, 11) is 3.93. The summed E-state index contributed by atoms with van der Waals surface area (Å²) < 4.78 is 41.7. The highest BCUT2D eigenvalue weighted by molar-refractivity contribution is 7.81. The van der Waals surface area contributed by atoms with Crippen molar-refractivity contribution < 1.29 is 17.7 Å². The predicted octanol–water partition coefficient (Wildman–Crippen LogP) is 4.53. The molecule has 0 aliphatic carbocycles. The van der Waals surface area contributed by atoms with Crippen LogP contribution in [0.2, 0.25) is 0 Å². The first-order valence-corrected chi connectivity index (χ1v) is 8.70. The number of thiocarbonyl (C=S) groups is 1. The molecule has 0 aliphatic heterocycles. The van der Waals surface area contributed by atoms with Crippen molar-refractivity contribution in [1.29, 1.82) is 0 Å². The molecule has 2 aromatic carbocycles. The van der Waals surface area contributed by atoms with Crippen molar-refractivity contribution in [2.24, 2.45) is 0 Å². The van der Waals surface area contributed by atoms with Crippen LogP contribution in [0.3, 0.4) is 0 Å². The normalized spacial score (nSPS) is 11.3. The molecule has 0 atom stereocenters. The quantitative estimate of drug-likeness (QED) is 0.628. The fraction of sp³-hybridized carbons (Fsp3) is 0.211. The molecule has 5 nitrogen and oxygen atoms in total. The molecular weight excluding hydrogens is 389 g/mol. The van der Waals surface area contributed by atoms with E-state index in [-0.39, 0.29) is 12.2 Å². The second-order valence-electron chi connectivity index (χ2n) is 6.28. The zero-order chi connectivity index (χ0) is 20.3. The van der Waals surface area contributed by atoms with Crippen LogP contribution < -0.4 is 10.2 Å². The average Bonchev–Trinajstić information content (AvgIpc) is 3.12. The molecule has 1 aromatic heterocycles. The van der Waals surface area contributed by atoms with Crippen molar-refractivity contribution in [3.8, 4) is 0 Å². The summed E-state index contributed by atoms with van der Waals surface area (Å²) in [5.41, 5.74) is 3.48. The van der Waals surface area contributed by atoms with Gasteiger partial charge in [0.05, 0.1) is 0 Å². The van der Waals surface area contributed by atoms with Gasteiger partial charge in [0.15, 0.2) is 5.82 Å². The standard InChI is InChI=1S/C19H17F3N4OS/c1-26(2)15-9-7-14(8-10-15)23-17(28)13-5-3-12(4-6-13)11-16-24-18(27-25-16)19(20,21)22/h3-10H,11H2,1-2H3,(H,23,28). The Balaban J connectivity index is 1.63. The van der Waals surface area contributed by atoms with E-state index in [1.165, 1.54) is 0 Å². The number of hydrogen-bond acceptors (Lipinski definition) is 5. The lowest BCUT2D eigenvalue weighted by molar-refractivity contribution is -0.159. The number of nitrogens with one attached hydrogen (secondary N) is 1. The van der Waals surface area contributed by atoms with Gasteiger partial charge in [0.25, 0.3) is 0 Å². The molecule has 0 saturated carbocycles. The van der Waals surface area contributed by atoms with Crippen LogP contribution in [0.25, 0.3) is 0 Å². The molecule has 0 saturated heterocycles. The molecule has 9 heteroatoms. The lowest BCUT2D eigenvalue weighted by atomic mass is 10.1. The molecule has 1 heterocycles. The van der Waals surface area contributed by atoms with Crippen molar-refractivity contribution in [3.05, 3.63) is 71.4 Å². The molecule has 28 heavy (non-hydrogen) atoms. The number of halogens is 3. The largest absolute Gasteiger partial charge is 0.471 e. The summed E-state index contributed by atoms with van der Waals surface area (Å²) in [6.07, 6.45) is -4.51. The van der Waals surface area contributed by atoms with Gasteiger partial charge in [-0.2, -0.15) is 18.2 Å². The van der Waals surface area contributed by atoms with Gasteiger partial charge in [-0.05, 0) is 29.8 Å². The number of benzene rings is 2. The summed E-state index contributed by atoms with van der Waals surface area (Å²) in [5, 5.41) is 6.52. The first kappa shape index (κ1) is 19.8. The van der Waals surface area contributed by atoms with E-state index in [4.69, 9.17) is 12.2 Å². The van der Waals surface area contributed by atoms with Crippen LogP contribution in [0.5, 0.6) is 0 Å². The molecule has 0 spiro atoms. The van der Waals surface area contributed by atoms with E-state index in [0.29, 0.717) is 4.99 Å². The Morgan fingerprint density at radius 1 is 1.07 bits per heavy atom. The zero-order valence-corrected chi connectivity index (χ0v) is 15.9. The Morgan fingerprint density at radius 3 is 2.25 bits per heavy atom. The van der Waals surface area contributed by atoms with Crippen LogP contribution in [0.4, 0.5) is 24.5 Å². The first-order chi connectivity index (χ1) is 13.2. The molecule has 0 aliphatic rings. The predicted molar refractivity (Wildman–Crippen MR) is 105 cm³/mol. The fourth-order valence-corrected chi connectivity index (χ4v) is 2.70. The summed E-state index contributed by atoms with van der Waals surface area (Å²) >= 11 is 5.42. The van der Waals surface area contributed by atoms with Crippen molar-refractivity contribution >= 4 is 28.6 Å². The maximum absolute atomic E-state index is 12.5. The number of aromatic nitrogens is 2. The molecule has 0 fully saturated rings. The van der Waals surface area contributed by atoms with E-state index in [0.717, 1.165) is 22.5 Å². The third kappa shape index (κ3) is 4.86. The van der Waals surface area contributed by atoms with Gasteiger partial charge in [-0.25, -0.2) is 0 Å². The molecule has 3 aromatic rings. The highest BCUT2D eigenvalue weighted by atomic mass is 32.1. The average molecular weight is 406 g/mol. The maximum atomic E-state index is 12.5. The Morgan fingerprint density at radius 2 is 1.71 bits per heavy atom. The third-order valence-electron chi connectivity index (χ3n) is 3.93.